The van der Waals surface area contributed by atoms with Crippen molar-refractivity contribution < 1.29 is 27.1 Å². The van der Waals surface area contributed by atoms with E-state index in [1.54, 1.807) is 36.4 Å². The van der Waals surface area contributed by atoms with Crippen LogP contribution in [0.3, 0.4) is 0 Å². The number of methoxy groups -OCH3 is 1. The zero-order valence-electron chi connectivity index (χ0n) is 27.0. The molecule has 1 atom stereocenters. The molecule has 1 unspecified atom stereocenters. The Bertz CT molecular complexity index is 1810. The van der Waals surface area contributed by atoms with Gasteiger partial charge in [0.15, 0.2) is 0 Å². The molecule has 0 aliphatic heterocycles. The highest BCUT2D eigenvalue weighted by Gasteiger charge is 2.36. The Morgan fingerprint density at radius 1 is 0.936 bits per heavy atom. The molecule has 47 heavy (non-hydrogen) atoms. The first-order chi connectivity index (χ1) is 22.2. The quantitative estimate of drug-likeness (QED) is 0.177. The average Bonchev–Trinajstić information content (AvgIpc) is 3.02. The summed E-state index contributed by atoms with van der Waals surface area (Å²) in [6.45, 7) is 6.42. The van der Waals surface area contributed by atoms with Gasteiger partial charge in [-0.25, -0.2) is 12.8 Å². The zero-order chi connectivity index (χ0) is 34.4. The second-order valence-electron chi connectivity index (χ2n) is 12.2. The third-order valence-electron chi connectivity index (χ3n) is 7.38. The number of hydrogen-bond acceptors (Lipinski definition) is 5. The number of hydrogen-bond donors (Lipinski definition) is 1. The summed E-state index contributed by atoms with van der Waals surface area (Å²) in [5.41, 5.74) is 1.47. The van der Waals surface area contributed by atoms with E-state index in [4.69, 9.17) is 4.74 Å². The Morgan fingerprint density at radius 3 is 2.17 bits per heavy atom. The topological polar surface area (TPSA) is 96.0 Å². The fraction of sp³-hybridized carbons (Fsp3) is 0.278. The van der Waals surface area contributed by atoms with Gasteiger partial charge in [0.1, 0.15) is 24.2 Å². The van der Waals surface area contributed by atoms with Gasteiger partial charge in [-0.1, -0.05) is 66.2 Å². The van der Waals surface area contributed by atoms with E-state index in [0.717, 1.165) is 15.4 Å². The molecular weight excluding hydrogens is 685 g/mol. The SMILES string of the molecule is COc1ccc(S(=O)(=O)N(CC(=O)N(Cc2ccccc2F)C(Cc2ccccc2)C(=O)NC(C)(C)C)c2ccc(C)cc2)cc1Br. The number of benzene rings is 4. The molecule has 248 valence electrons. The molecular formula is C36H39BrFN3O5S. The van der Waals surface area contributed by atoms with Crippen molar-refractivity contribution in [1.82, 2.24) is 10.2 Å². The lowest BCUT2D eigenvalue weighted by Gasteiger charge is -2.35. The molecule has 8 nitrogen and oxygen atoms in total. The highest BCUT2D eigenvalue weighted by atomic mass is 79.9. The molecule has 0 heterocycles. The summed E-state index contributed by atoms with van der Waals surface area (Å²) < 4.78 is 50.4. The normalized spacial score (nSPS) is 12.2. The monoisotopic (exact) mass is 723 g/mol. The molecule has 4 aromatic rings. The number of nitrogens with zero attached hydrogens (tertiary/aromatic N) is 2. The lowest BCUT2D eigenvalue weighted by Crippen LogP contribution is -2.56. The third-order valence-corrected chi connectivity index (χ3v) is 9.77. The summed E-state index contributed by atoms with van der Waals surface area (Å²) in [6, 6.07) is 25.2. The third kappa shape index (κ3) is 9.20. The van der Waals surface area contributed by atoms with Crippen molar-refractivity contribution in [3.05, 3.63) is 124 Å². The van der Waals surface area contributed by atoms with Crippen LogP contribution in [0, 0.1) is 12.7 Å². The van der Waals surface area contributed by atoms with E-state index in [2.05, 4.69) is 21.2 Å². The van der Waals surface area contributed by atoms with E-state index in [9.17, 15) is 18.0 Å². The minimum Gasteiger partial charge on any atom is -0.496 e. The van der Waals surface area contributed by atoms with Crippen LogP contribution in [-0.4, -0.2) is 50.4 Å². The van der Waals surface area contributed by atoms with Crippen LogP contribution in [0.2, 0.25) is 0 Å². The molecule has 0 aromatic heterocycles. The summed E-state index contributed by atoms with van der Waals surface area (Å²) in [5.74, 6) is -1.25. The van der Waals surface area contributed by atoms with Gasteiger partial charge in [0.2, 0.25) is 11.8 Å². The molecule has 4 rings (SSSR count). The van der Waals surface area contributed by atoms with Gasteiger partial charge >= 0.3 is 0 Å². The van der Waals surface area contributed by atoms with Crippen LogP contribution in [0.5, 0.6) is 5.75 Å². The molecule has 0 aliphatic rings. The van der Waals surface area contributed by atoms with Gasteiger partial charge in [-0.15, -0.1) is 0 Å². The number of anilines is 1. The maximum absolute atomic E-state index is 15.1. The summed E-state index contributed by atoms with van der Waals surface area (Å²) in [6.07, 6.45) is 0.117. The Hall–Kier alpha value is -4.22. The van der Waals surface area contributed by atoms with Crippen molar-refractivity contribution in [2.24, 2.45) is 0 Å². The minimum absolute atomic E-state index is 0.0782. The predicted molar refractivity (Wildman–Crippen MR) is 185 cm³/mol. The second-order valence-corrected chi connectivity index (χ2v) is 14.9. The molecule has 0 aliphatic carbocycles. The van der Waals surface area contributed by atoms with Crippen LogP contribution in [0.4, 0.5) is 10.1 Å². The Kier molecular flexibility index (Phi) is 11.5. The second kappa shape index (κ2) is 15.1. The van der Waals surface area contributed by atoms with Crippen molar-refractivity contribution in [3.63, 3.8) is 0 Å². The van der Waals surface area contributed by atoms with E-state index >= 15 is 4.39 Å². The minimum atomic E-state index is -4.33. The number of aryl methyl sites for hydroxylation is 1. The largest absolute Gasteiger partial charge is 0.496 e. The van der Waals surface area contributed by atoms with Crippen molar-refractivity contribution in [2.45, 2.75) is 57.1 Å². The van der Waals surface area contributed by atoms with E-state index < -0.39 is 45.8 Å². The Labute approximate surface area is 284 Å². The van der Waals surface area contributed by atoms with E-state index in [-0.39, 0.29) is 29.1 Å². The summed E-state index contributed by atoms with van der Waals surface area (Å²) >= 11 is 3.36. The molecule has 1 N–H and O–H groups in total. The first-order valence-electron chi connectivity index (χ1n) is 15.0. The Morgan fingerprint density at radius 2 is 1.57 bits per heavy atom. The number of nitrogens with one attached hydrogen (secondary N) is 1. The fourth-order valence-corrected chi connectivity index (χ4v) is 7.12. The summed E-state index contributed by atoms with van der Waals surface area (Å²) in [5, 5.41) is 2.96. The maximum atomic E-state index is 15.1. The number of rotatable bonds is 12. The highest BCUT2D eigenvalue weighted by molar-refractivity contribution is 9.10. The first kappa shape index (κ1) is 35.6. The number of amides is 2. The van der Waals surface area contributed by atoms with Gasteiger partial charge in [-0.2, -0.15) is 0 Å². The van der Waals surface area contributed by atoms with Gasteiger partial charge in [0.05, 0.1) is 22.2 Å². The molecule has 0 saturated carbocycles. The number of carbonyl (C=O) groups excluding carboxylic acids is 2. The highest BCUT2D eigenvalue weighted by Crippen LogP contribution is 2.31. The first-order valence-corrected chi connectivity index (χ1v) is 17.2. The van der Waals surface area contributed by atoms with Crippen molar-refractivity contribution in [1.29, 1.82) is 0 Å². The van der Waals surface area contributed by atoms with Crippen molar-refractivity contribution in [3.8, 4) is 5.75 Å². The van der Waals surface area contributed by atoms with Gasteiger partial charge in [-0.3, -0.25) is 13.9 Å². The van der Waals surface area contributed by atoms with Crippen LogP contribution in [0.15, 0.2) is 106 Å². The fourth-order valence-electron chi connectivity index (χ4n) is 4.99. The van der Waals surface area contributed by atoms with Crippen LogP contribution >= 0.6 is 15.9 Å². The maximum Gasteiger partial charge on any atom is 0.264 e. The van der Waals surface area contributed by atoms with Crippen LogP contribution in [-0.2, 0) is 32.6 Å². The summed E-state index contributed by atoms with van der Waals surface area (Å²) in [4.78, 5) is 29.7. The lowest BCUT2D eigenvalue weighted by molar-refractivity contribution is -0.140. The van der Waals surface area contributed by atoms with E-state index in [1.165, 1.54) is 42.3 Å². The Balaban J connectivity index is 1.84. The molecule has 0 saturated heterocycles. The van der Waals surface area contributed by atoms with Crippen molar-refractivity contribution in [2.75, 3.05) is 18.0 Å². The van der Waals surface area contributed by atoms with Gasteiger partial charge in [-0.05, 0) is 85.6 Å². The smallest absolute Gasteiger partial charge is 0.264 e. The molecule has 0 bridgehead atoms. The van der Waals surface area contributed by atoms with Gasteiger partial charge < -0.3 is 15.0 Å². The van der Waals surface area contributed by atoms with Gasteiger partial charge in [0, 0.05) is 24.1 Å². The van der Waals surface area contributed by atoms with Crippen molar-refractivity contribution >= 4 is 43.5 Å². The van der Waals surface area contributed by atoms with Crippen LogP contribution in [0.1, 0.15) is 37.5 Å². The predicted octanol–water partition coefficient (Wildman–Crippen LogP) is 6.66. The molecule has 11 heteroatoms. The average molecular weight is 725 g/mol. The van der Waals surface area contributed by atoms with Gasteiger partial charge in [0.25, 0.3) is 10.0 Å². The van der Waals surface area contributed by atoms with E-state index in [1.807, 2.05) is 58.0 Å². The van der Waals surface area contributed by atoms with Crippen LogP contribution < -0.4 is 14.4 Å². The number of carbonyl (C=O) groups is 2. The molecule has 0 fully saturated rings. The van der Waals surface area contributed by atoms with E-state index in [0.29, 0.717) is 10.2 Å². The molecule has 2 amide bonds. The standard InChI is InChI=1S/C36H39BrFN3O5S/c1-25-15-17-28(18-16-25)41(47(44,45)29-19-20-33(46-5)30(37)22-29)24-34(42)40(23-27-13-9-10-14-31(27)38)32(35(43)39-36(2,3)4)21-26-11-7-6-8-12-26/h6-20,22,32H,21,23-24H2,1-5H3,(H,39,43). The number of sulfonamides is 1. The summed E-state index contributed by atoms with van der Waals surface area (Å²) in [7, 11) is -2.86. The zero-order valence-corrected chi connectivity index (χ0v) is 29.4. The lowest BCUT2D eigenvalue weighted by atomic mass is 10.0. The number of ether oxygens (including phenoxy) is 1. The number of halogens is 2. The molecule has 4 aromatic carbocycles. The molecule has 0 radical (unpaired) electrons. The van der Waals surface area contributed by atoms with Crippen LogP contribution in [0.25, 0.3) is 0 Å². The molecule has 0 spiro atoms.